The van der Waals surface area contributed by atoms with Gasteiger partial charge in [-0.3, -0.25) is 4.79 Å². The van der Waals surface area contributed by atoms with Gasteiger partial charge in [-0.05, 0) is 31.3 Å². The maximum atomic E-state index is 11.5. The predicted octanol–water partition coefficient (Wildman–Crippen LogP) is 1.81. The quantitative estimate of drug-likeness (QED) is 0.472. The second-order valence-electron chi connectivity index (χ2n) is 7.07. The lowest BCUT2D eigenvalue weighted by Crippen LogP contribution is -2.43. The number of carbonyl (C=O) groups is 1. The summed E-state index contributed by atoms with van der Waals surface area (Å²) in [6.07, 6.45) is 2.75. The molecular formula is C17H28O5. The molecule has 0 spiro atoms. The monoisotopic (exact) mass is 312 g/mol. The lowest BCUT2D eigenvalue weighted by Gasteiger charge is -2.34. The average Bonchev–Trinajstić information content (AvgIpc) is 3.08. The number of hydrogen-bond acceptors (Lipinski definition) is 5. The number of epoxide rings is 1. The second-order valence-corrected chi connectivity index (χ2v) is 7.07. The molecule has 0 amide bonds. The van der Waals surface area contributed by atoms with Gasteiger partial charge in [-0.25, -0.2) is 0 Å². The van der Waals surface area contributed by atoms with Crippen LogP contribution in [0.1, 0.15) is 47.0 Å². The van der Waals surface area contributed by atoms with Gasteiger partial charge >= 0.3 is 5.97 Å². The van der Waals surface area contributed by atoms with Crippen LogP contribution in [0, 0.1) is 11.8 Å². The second kappa shape index (κ2) is 6.69. The number of fused-ring (bicyclic) bond motifs is 1. The lowest BCUT2D eigenvalue weighted by molar-refractivity contribution is -0.153. The van der Waals surface area contributed by atoms with Gasteiger partial charge in [-0.2, -0.15) is 0 Å². The summed E-state index contributed by atoms with van der Waals surface area (Å²) in [5.41, 5.74) is 0.536. The molecule has 0 radical (unpaired) electrons. The Morgan fingerprint density at radius 2 is 2.23 bits per heavy atom. The molecule has 1 heterocycles. The fourth-order valence-electron chi connectivity index (χ4n) is 3.64. The van der Waals surface area contributed by atoms with E-state index in [-0.39, 0.29) is 36.1 Å². The van der Waals surface area contributed by atoms with Gasteiger partial charge in [0.25, 0.3) is 0 Å². The number of carbonyl (C=O) groups excluding carboxylic acids is 1. The van der Waals surface area contributed by atoms with Gasteiger partial charge in [0.15, 0.2) is 0 Å². The standard InChI is InChI=1S/C17H28O5/c1-10(2)14-13(21-11(3)19)8-12(9-18)6-5-7-17(4)16(22-17)15(14)20/h6,10,13-16,18,20H,5,7-9H2,1-4H3/b12-6+/t13-,14+,15+,16+,17-/m1/s1. The fourth-order valence-corrected chi connectivity index (χ4v) is 3.64. The van der Waals surface area contributed by atoms with E-state index in [1.165, 1.54) is 6.92 Å². The molecule has 0 unspecified atom stereocenters. The van der Waals surface area contributed by atoms with E-state index < -0.39 is 12.2 Å². The number of rotatable bonds is 3. The Balaban J connectivity index is 2.32. The summed E-state index contributed by atoms with van der Waals surface area (Å²) < 4.78 is 11.3. The Morgan fingerprint density at radius 1 is 1.55 bits per heavy atom. The largest absolute Gasteiger partial charge is 0.462 e. The summed E-state index contributed by atoms with van der Waals surface area (Å²) in [5.74, 6) is -0.451. The molecule has 22 heavy (non-hydrogen) atoms. The van der Waals surface area contributed by atoms with Crippen LogP contribution in [0.25, 0.3) is 0 Å². The Labute approximate surface area is 132 Å². The van der Waals surface area contributed by atoms with Crippen molar-refractivity contribution in [2.24, 2.45) is 11.8 Å². The molecule has 1 fully saturated rings. The molecule has 0 bridgehead atoms. The molecule has 1 aliphatic carbocycles. The smallest absolute Gasteiger partial charge is 0.302 e. The zero-order valence-corrected chi connectivity index (χ0v) is 13.9. The molecule has 1 aliphatic heterocycles. The van der Waals surface area contributed by atoms with Gasteiger partial charge < -0.3 is 19.7 Å². The predicted molar refractivity (Wildman–Crippen MR) is 82.2 cm³/mol. The number of hydrogen-bond donors (Lipinski definition) is 2. The number of allylic oxidation sites excluding steroid dienone is 1. The van der Waals surface area contributed by atoms with Crippen LogP contribution < -0.4 is 0 Å². The highest BCUT2D eigenvalue weighted by atomic mass is 16.6. The van der Waals surface area contributed by atoms with Crippen molar-refractivity contribution in [2.75, 3.05) is 6.61 Å². The zero-order chi connectivity index (χ0) is 16.5. The topological polar surface area (TPSA) is 79.3 Å². The number of esters is 1. The summed E-state index contributed by atoms with van der Waals surface area (Å²) >= 11 is 0. The molecule has 0 aromatic rings. The van der Waals surface area contributed by atoms with Crippen molar-refractivity contribution in [1.29, 1.82) is 0 Å². The molecule has 2 aliphatic rings. The SMILES string of the molecule is CC(=O)O[C@@H]1C/C(CO)=C\CC[C@@]2(C)O[C@H]2[C@@H](O)[C@H]1C(C)C. The Morgan fingerprint density at radius 3 is 2.77 bits per heavy atom. The van der Waals surface area contributed by atoms with E-state index in [0.29, 0.717) is 6.42 Å². The van der Waals surface area contributed by atoms with Crippen molar-refractivity contribution < 1.29 is 24.5 Å². The Kier molecular flexibility index (Phi) is 5.30. The van der Waals surface area contributed by atoms with Crippen molar-refractivity contribution >= 4 is 5.97 Å². The highest BCUT2D eigenvalue weighted by Gasteiger charge is 2.58. The lowest BCUT2D eigenvalue weighted by atomic mass is 9.78. The Bertz CT molecular complexity index is 444. The minimum Gasteiger partial charge on any atom is -0.462 e. The highest BCUT2D eigenvalue weighted by Crippen LogP contribution is 2.46. The van der Waals surface area contributed by atoms with Crippen LogP contribution in [0.2, 0.25) is 0 Å². The first-order chi connectivity index (χ1) is 10.3. The van der Waals surface area contributed by atoms with Crippen LogP contribution >= 0.6 is 0 Å². The van der Waals surface area contributed by atoms with E-state index >= 15 is 0 Å². The van der Waals surface area contributed by atoms with E-state index in [1.54, 1.807) is 0 Å². The summed E-state index contributed by atoms with van der Waals surface area (Å²) in [6.45, 7) is 7.35. The first-order valence-electron chi connectivity index (χ1n) is 8.10. The zero-order valence-electron chi connectivity index (χ0n) is 13.9. The van der Waals surface area contributed by atoms with Gasteiger partial charge in [0.2, 0.25) is 0 Å². The summed E-state index contributed by atoms with van der Waals surface area (Å²) in [6, 6.07) is 0. The van der Waals surface area contributed by atoms with Crippen LogP contribution in [-0.2, 0) is 14.3 Å². The fraction of sp³-hybridized carbons (Fsp3) is 0.824. The molecule has 5 atom stereocenters. The van der Waals surface area contributed by atoms with Crippen LogP contribution in [0.15, 0.2) is 11.6 Å². The van der Waals surface area contributed by atoms with Gasteiger partial charge in [0.05, 0.1) is 18.3 Å². The summed E-state index contributed by atoms with van der Waals surface area (Å²) in [7, 11) is 0. The number of aliphatic hydroxyl groups is 2. The molecule has 5 nitrogen and oxygen atoms in total. The first kappa shape index (κ1) is 17.4. The molecular weight excluding hydrogens is 284 g/mol. The molecule has 0 aromatic carbocycles. The first-order valence-corrected chi connectivity index (χ1v) is 8.10. The van der Waals surface area contributed by atoms with Gasteiger partial charge in [0, 0.05) is 19.3 Å². The molecule has 5 heteroatoms. The van der Waals surface area contributed by atoms with Crippen molar-refractivity contribution in [3.8, 4) is 0 Å². The van der Waals surface area contributed by atoms with Gasteiger partial charge in [0.1, 0.15) is 12.2 Å². The molecule has 1 saturated heterocycles. The van der Waals surface area contributed by atoms with Gasteiger partial charge in [-0.15, -0.1) is 0 Å². The molecule has 2 N–H and O–H groups in total. The van der Waals surface area contributed by atoms with Crippen molar-refractivity contribution in [2.45, 2.75) is 70.9 Å². The highest BCUT2D eigenvalue weighted by molar-refractivity contribution is 5.66. The minimum absolute atomic E-state index is 0.0559. The van der Waals surface area contributed by atoms with Crippen LogP contribution in [0.5, 0.6) is 0 Å². The van der Waals surface area contributed by atoms with Crippen LogP contribution in [0.4, 0.5) is 0 Å². The van der Waals surface area contributed by atoms with Crippen molar-refractivity contribution in [3.05, 3.63) is 11.6 Å². The summed E-state index contributed by atoms with van der Waals surface area (Å²) in [5, 5.41) is 20.3. The third kappa shape index (κ3) is 3.70. The van der Waals surface area contributed by atoms with E-state index in [1.807, 2.05) is 26.8 Å². The summed E-state index contributed by atoms with van der Waals surface area (Å²) in [4.78, 5) is 11.5. The van der Waals surface area contributed by atoms with E-state index in [0.717, 1.165) is 18.4 Å². The number of ether oxygens (including phenoxy) is 2. The third-order valence-electron chi connectivity index (χ3n) is 4.90. The van der Waals surface area contributed by atoms with Crippen LogP contribution in [-0.4, -0.2) is 46.7 Å². The van der Waals surface area contributed by atoms with Crippen molar-refractivity contribution in [3.63, 3.8) is 0 Å². The van der Waals surface area contributed by atoms with Crippen molar-refractivity contribution in [1.82, 2.24) is 0 Å². The van der Waals surface area contributed by atoms with Crippen LogP contribution in [0.3, 0.4) is 0 Å². The Hall–Kier alpha value is -0.910. The molecule has 0 saturated carbocycles. The third-order valence-corrected chi connectivity index (χ3v) is 4.90. The molecule has 0 aromatic heterocycles. The van der Waals surface area contributed by atoms with E-state index in [9.17, 15) is 15.0 Å². The van der Waals surface area contributed by atoms with E-state index in [4.69, 9.17) is 9.47 Å². The normalized spacial score (nSPS) is 41.3. The molecule has 2 rings (SSSR count). The minimum atomic E-state index is -0.674. The number of aliphatic hydroxyl groups excluding tert-OH is 2. The average molecular weight is 312 g/mol. The molecule has 126 valence electrons. The van der Waals surface area contributed by atoms with E-state index in [2.05, 4.69) is 0 Å². The van der Waals surface area contributed by atoms with Gasteiger partial charge in [-0.1, -0.05) is 19.9 Å². The maximum Gasteiger partial charge on any atom is 0.302 e. The maximum absolute atomic E-state index is 11.5.